The van der Waals surface area contributed by atoms with Crippen molar-refractivity contribution in [2.24, 2.45) is 0 Å². The van der Waals surface area contributed by atoms with Crippen molar-refractivity contribution >= 4 is 24.0 Å². The van der Waals surface area contributed by atoms with Gasteiger partial charge in [0, 0.05) is 17.7 Å². The van der Waals surface area contributed by atoms with Crippen molar-refractivity contribution in [3.8, 4) is 0 Å². The Labute approximate surface area is 154 Å². The number of hydrogen-bond donors (Lipinski definition) is 0. The van der Waals surface area contributed by atoms with E-state index in [1.165, 1.54) is 12.7 Å². The van der Waals surface area contributed by atoms with Crippen LogP contribution in [0.4, 0.5) is 0 Å². The maximum Gasteiger partial charge on any atom is 0.338 e. The largest absolute Gasteiger partial charge is 0.466 e. The fraction of sp³-hybridized carbons (Fsp3) is 0.0952. The summed E-state index contributed by atoms with van der Waals surface area (Å²) in [6.07, 6.45) is 7.28. The standard InChI is InChI=1S/C8H8.C5H8O2.C4H2O3.C4H6/c1-2-8-6-4-3-5-7-8;1-4(2)5(6)7-3;5-3-1-2-4(6)7-3;1-3-4-2/h2-7H,1H2;1H2,2-3H3;1-2H;3-4H,1-2H2. The van der Waals surface area contributed by atoms with Gasteiger partial charge in [0.25, 0.3) is 0 Å². The van der Waals surface area contributed by atoms with Crippen LogP contribution in [0.2, 0.25) is 0 Å². The van der Waals surface area contributed by atoms with Crippen LogP contribution in [0.15, 0.2) is 86.5 Å². The van der Waals surface area contributed by atoms with Gasteiger partial charge in [-0.3, -0.25) is 0 Å². The number of esters is 3. The lowest BCUT2D eigenvalue weighted by molar-refractivity contribution is -0.150. The van der Waals surface area contributed by atoms with Crippen LogP contribution >= 0.6 is 0 Å². The molecule has 0 radical (unpaired) electrons. The summed E-state index contributed by atoms with van der Waals surface area (Å²) in [5, 5.41) is 0. The third-order valence-corrected chi connectivity index (χ3v) is 2.29. The van der Waals surface area contributed by atoms with Crippen molar-refractivity contribution in [1.29, 1.82) is 0 Å². The molecule has 0 aliphatic carbocycles. The highest BCUT2D eigenvalue weighted by atomic mass is 16.6. The van der Waals surface area contributed by atoms with Crippen LogP contribution in [0, 0.1) is 0 Å². The fourth-order valence-corrected chi connectivity index (χ4v) is 1.07. The van der Waals surface area contributed by atoms with E-state index in [0.29, 0.717) is 5.57 Å². The molecule has 0 saturated heterocycles. The molecule has 0 saturated carbocycles. The Hall–Kier alpha value is -3.47. The van der Waals surface area contributed by atoms with Crippen molar-refractivity contribution in [2.45, 2.75) is 6.92 Å². The van der Waals surface area contributed by atoms with Crippen LogP contribution in [0.1, 0.15) is 12.5 Å². The molecule has 26 heavy (non-hydrogen) atoms. The molecular formula is C21H24O5. The number of benzene rings is 1. The van der Waals surface area contributed by atoms with Gasteiger partial charge >= 0.3 is 17.9 Å². The van der Waals surface area contributed by atoms with E-state index in [1.54, 1.807) is 19.1 Å². The van der Waals surface area contributed by atoms with Crippen LogP contribution in [0.5, 0.6) is 0 Å². The quantitative estimate of drug-likeness (QED) is 0.354. The van der Waals surface area contributed by atoms with Gasteiger partial charge in [-0.1, -0.05) is 74.9 Å². The minimum atomic E-state index is -0.579. The van der Waals surface area contributed by atoms with Crippen molar-refractivity contribution in [3.05, 3.63) is 92.1 Å². The number of carbonyl (C=O) groups is 3. The second-order valence-electron chi connectivity index (χ2n) is 4.43. The fourth-order valence-electron chi connectivity index (χ4n) is 1.07. The molecule has 0 bridgehead atoms. The van der Waals surface area contributed by atoms with Crippen LogP contribution < -0.4 is 0 Å². The molecule has 0 spiro atoms. The lowest BCUT2D eigenvalue weighted by atomic mass is 10.2. The summed E-state index contributed by atoms with van der Waals surface area (Å²) < 4.78 is 8.25. The second kappa shape index (κ2) is 16.4. The summed E-state index contributed by atoms with van der Waals surface area (Å²) in [6.45, 7) is 15.3. The molecule has 1 aromatic rings. The molecule has 0 N–H and O–H groups in total. The van der Waals surface area contributed by atoms with Gasteiger partial charge in [-0.2, -0.15) is 0 Å². The van der Waals surface area contributed by atoms with Gasteiger partial charge in [-0.25, -0.2) is 14.4 Å². The van der Waals surface area contributed by atoms with Crippen LogP contribution in [0.3, 0.4) is 0 Å². The van der Waals surface area contributed by atoms with Crippen LogP contribution in [0.25, 0.3) is 6.08 Å². The average molecular weight is 356 g/mol. The molecule has 1 aromatic carbocycles. The number of methoxy groups -OCH3 is 1. The maximum absolute atomic E-state index is 10.2. The first-order valence-electron chi connectivity index (χ1n) is 7.40. The minimum Gasteiger partial charge on any atom is -0.466 e. The molecule has 1 aliphatic rings. The number of allylic oxidation sites excluding steroid dienone is 2. The summed E-state index contributed by atoms with van der Waals surface area (Å²) in [5.41, 5.74) is 1.61. The lowest BCUT2D eigenvalue weighted by Crippen LogP contribution is -1.98. The highest BCUT2D eigenvalue weighted by molar-refractivity contribution is 6.04. The average Bonchev–Trinajstić information content (AvgIpc) is 3.05. The number of ether oxygens (including phenoxy) is 2. The van der Waals surface area contributed by atoms with Crippen LogP contribution in [-0.4, -0.2) is 25.0 Å². The number of hydrogen-bond acceptors (Lipinski definition) is 5. The zero-order chi connectivity index (χ0) is 20.4. The molecule has 138 valence electrons. The molecule has 1 heterocycles. The first-order chi connectivity index (χ1) is 12.3. The number of carbonyl (C=O) groups excluding carboxylic acids is 3. The zero-order valence-corrected chi connectivity index (χ0v) is 15.1. The summed E-state index contributed by atoms with van der Waals surface area (Å²) in [7, 11) is 1.33. The number of cyclic esters (lactones) is 2. The Morgan fingerprint density at radius 1 is 1.00 bits per heavy atom. The van der Waals surface area contributed by atoms with Crippen LogP contribution in [-0.2, 0) is 23.9 Å². The van der Waals surface area contributed by atoms with Crippen molar-refractivity contribution in [3.63, 3.8) is 0 Å². The summed E-state index contributed by atoms with van der Waals surface area (Å²) in [5.74, 6) is -1.50. The Morgan fingerprint density at radius 3 is 1.62 bits per heavy atom. The van der Waals surface area contributed by atoms with E-state index in [1.807, 2.05) is 36.4 Å². The SMILES string of the molecule is C=C(C)C(=O)OC.C=CC=C.C=Cc1ccccc1.O=C1C=CC(=O)O1. The van der Waals surface area contributed by atoms with E-state index in [9.17, 15) is 14.4 Å². The molecule has 1 aliphatic heterocycles. The highest BCUT2D eigenvalue weighted by Crippen LogP contribution is 1.97. The molecule has 0 unspecified atom stereocenters. The van der Waals surface area contributed by atoms with E-state index < -0.39 is 11.9 Å². The topological polar surface area (TPSA) is 69.7 Å². The van der Waals surface area contributed by atoms with Gasteiger partial charge in [0.15, 0.2) is 0 Å². The first-order valence-corrected chi connectivity index (χ1v) is 7.40. The predicted octanol–water partition coefficient (Wildman–Crippen LogP) is 4.05. The first kappa shape index (κ1) is 24.8. The third kappa shape index (κ3) is 15.4. The van der Waals surface area contributed by atoms with Gasteiger partial charge in [0.2, 0.25) is 0 Å². The zero-order valence-electron chi connectivity index (χ0n) is 15.1. The Bertz CT molecular complexity index is 632. The van der Waals surface area contributed by atoms with Gasteiger partial charge in [0.1, 0.15) is 0 Å². The van der Waals surface area contributed by atoms with Crippen molar-refractivity contribution < 1.29 is 23.9 Å². The Morgan fingerprint density at radius 2 is 1.46 bits per heavy atom. The number of rotatable bonds is 3. The minimum absolute atomic E-state index is 0.347. The summed E-state index contributed by atoms with van der Waals surface area (Å²) in [6, 6.07) is 10.0. The van der Waals surface area contributed by atoms with E-state index in [-0.39, 0.29) is 5.97 Å². The smallest absolute Gasteiger partial charge is 0.338 e. The van der Waals surface area contributed by atoms with Gasteiger partial charge < -0.3 is 9.47 Å². The molecule has 0 aromatic heterocycles. The Balaban J connectivity index is 0. The van der Waals surface area contributed by atoms with E-state index in [2.05, 4.69) is 35.8 Å². The van der Waals surface area contributed by atoms with E-state index in [0.717, 1.165) is 12.2 Å². The molecule has 0 fully saturated rings. The molecule has 5 nitrogen and oxygen atoms in total. The molecule has 0 atom stereocenters. The molecular weight excluding hydrogens is 332 g/mol. The van der Waals surface area contributed by atoms with Crippen molar-refractivity contribution in [1.82, 2.24) is 0 Å². The predicted molar refractivity (Wildman–Crippen MR) is 104 cm³/mol. The highest BCUT2D eigenvalue weighted by Gasteiger charge is 2.10. The molecule has 2 rings (SSSR count). The second-order valence-corrected chi connectivity index (χ2v) is 4.43. The third-order valence-electron chi connectivity index (χ3n) is 2.29. The summed E-state index contributed by atoms with van der Waals surface area (Å²) >= 11 is 0. The maximum atomic E-state index is 10.2. The van der Waals surface area contributed by atoms with E-state index in [4.69, 9.17) is 0 Å². The van der Waals surface area contributed by atoms with E-state index >= 15 is 0 Å². The van der Waals surface area contributed by atoms with Gasteiger partial charge in [-0.05, 0) is 12.5 Å². The summed E-state index contributed by atoms with van der Waals surface area (Å²) in [4.78, 5) is 30.0. The Kier molecular flexibility index (Phi) is 15.6. The monoisotopic (exact) mass is 356 g/mol. The lowest BCUT2D eigenvalue weighted by Gasteiger charge is -1.91. The molecule has 0 amide bonds. The molecule has 5 heteroatoms. The van der Waals surface area contributed by atoms with Crippen molar-refractivity contribution in [2.75, 3.05) is 7.11 Å². The van der Waals surface area contributed by atoms with Gasteiger partial charge in [-0.15, -0.1) is 0 Å². The normalized spacial score (nSPS) is 10.2. The van der Waals surface area contributed by atoms with Gasteiger partial charge in [0.05, 0.1) is 7.11 Å².